The Morgan fingerprint density at radius 1 is 1.31 bits per heavy atom. The van der Waals surface area contributed by atoms with E-state index in [4.69, 9.17) is 5.73 Å². The van der Waals surface area contributed by atoms with Gasteiger partial charge in [0.2, 0.25) is 0 Å². The zero-order valence-corrected chi connectivity index (χ0v) is 8.85. The first-order valence-corrected chi connectivity index (χ1v) is 4.62. The van der Waals surface area contributed by atoms with Crippen LogP contribution in [0.25, 0.3) is 0 Å². The molecule has 0 aliphatic heterocycles. The zero-order valence-electron chi connectivity index (χ0n) is 8.85. The molecule has 2 atom stereocenters. The van der Waals surface area contributed by atoms with Crippen LogP contribution in [0.15, 0.2) is 12.3 Å². The highest BCUT2D eigenvalue weighted by atomic mass is 15.0. The summed E-state index contributed by atoms with van der Waals surface area (Å²) in [6, 6.07) is 0.550. The van der Waals surface area contributed by atoms with Crippen molar-refractivity contribution in [1.82, 2.24) is 16.0 Å². The minimum absolute atomic E-state index is 0.221. The summed E-state index contributed by atoms with van der Waals surface area (Å²) in [5.41, 5.74) is 6.50. The van der Waals surface area contributed by atoms with Crippen LogP contribution in [0.2, 0.25) is 0 Å². The van der Waals surface area contributed by atoms with Gasteiger partial charge in [0.05, 0.1) is 6.04 Å². The molecule has 0 heterocycles. The Balaban J connectivity index is 4.23. The minimum Gasteiger partial charge on any atom is -0.391 e. The van der Waals surface area contributed by atoms with Crippen LogP contribution in [0.4, 0.5) is 0 Å². The molecule has 0 aromatic carbocycles. The summed E-state index contributed by atoms with van der Waals surface area (Å²) in [4.78, 5) is 0. The average molecular weight is 186 g/mol. The smallest absolute Gasteiger partial charge is 0.0616 e. The molecule has 4 nitrogen and oxygen atoms in total. The van der Waals surface area contributed by atoms with Gasteiger partial charge in [0.15, 0.2) is 0 Å². The van der Waals surface area contributed by atoms with Gasteiger partial charge in [-0.3, -0.25) is 0 Å². The van der Waals surface area contributed by atoms with Crippen LogP contribution >= 0.6 is 0 Å². The summed E-state index contributed by atoms with van der Waals surface area (Å²) >= 11 is 0. The molecule has 0 bridgehead atoms. The quantitative estimate of drug-likeness (QED) is 0.422. The van der Waals surface area contributed by atoms with Crippen molar-refractivity contribution in [3.63, 3.8) is 0 Å². The molecular weight excluding hydrogens is 164 g/mol. The summed E-state index contributed by atoms with van der Waals surface area (Å²) in [6.07, 6.45) is 0.933. The Kier molecular flexibility index (Phi) is 6.58. The molecule has 13 heavy (non-hydrogen) atoms. The first-order chi connectivity index (χ1) is 6.21. The van der Waals surface area contributed by atoms with Crippen molar-refractivity contribution in [2.45, 2.75) is 18.5 Å². The van der Waals surface area contributed by atoms with Crippen LogP contribution in [0, 0.1) is 0 Å². The average Bonchev–Trinajstić information content (AvgIpc) is 2.17. The molecule has 78 valence electrons. The number of rotatable bonds is 7. The molecule has 0 fully saturated rings. The van der Waals surface area contributed by atoms with Gasteiger partial charge in [-0.05, 0) is 27.1 Å². The number of hydrogen-bond acceptors (Lipinski definition) is 4. The second-order valence-corrected chi connectivity index (χ2v) is 3.01. The molecule has 0 aromatic heterocycles. The van der Waals surface area contributed by atoms with E-state index in [-0.39, 0.29) is 6.04 Å². The van der Waals surface area contributed by atoms with E-state index in [0.29, 0.717) is 12.6 Å². The van der Waals surface area contributed by atoms with E-state index in [9.17, 15) is 0 Å². The molecule has 4 heteroatoms. The van der Waals surface area contributed by atoms with Crippen LogP contribution in [0.5, 0.6) is 0 Å². The minimum atomic E-state index is 0.221. The molecule has 0 spiro atoms. The van der Waals surface area contributed by atoms with Crippen LogP contribution < -0.4 is 21.7 Å². The Labute approximate surface area is 81.0 Å². The van der Waals surface area contributed by atoms with Crippen molar-refractivity contribution in [3.05, 3.63) is 12.3 Å². The van der Waals surface area contributed by atoms with E-state index < -0.39 is 0 Å². The molecule has 2 unspecified atom stereocenters. The molecule has 0 aromatic rings. The monoisotopic (exact) mass is 186 g/mol. The summed E-state index contributed by atoms with van der Waals surface area (Å²) in [6.45, 7) is 4.62. The molecule has 0 aliphatic carbocycles. The molecule has 0 saturated carbocycles. The Bertz CT molecular complexity index is 147. The molecule has 5 N–H and O–H groups in total. The second-order valence-electron chi connectivity index (χ2n) is 3.01. The highest BCUT2D eigenvalue weighted by Gasteiger charge is 2.19. The van der Waals surface area contributed by atoms with Crippen LogP contribution in [-0.2, 0) is 0 Å². The summed E-state index contributed by atoms with van der Waals surface area (Å²) in [5.74, 6) is 0. The molecule has 0 rings (SSSR count). The highest BCUT2D eigenvalue weighted by molar-refractivity contribution is 5.07. The SMILES string of the molecule is C=C(NC)C(NC)C(CCN)NC. The van der Waals surface area contributed by atoms with Crippen molar-refractivity contribution in [1.29, 1.82) is 0 Å². The van der Waals surface area contributed by atoms with Gasteiger partial charge in [0, 0.05) is 18.8 Å². The van der Waals surface area contributed by atoms with Gasteiger partial charge < -0.3 is 21.7 Å². The zero-order chi connectivity index (χ0) is 10.3. The van der Waals surface area contributed by atoms with Crippen LogP contribution in [-0.4, -0.2) is 39.8 Å². The number of nitrogens with one attached hydrogen (secondary N) is 3. The molecular formula is C9H22N4. The lowest BCUT2D eigenvalue weighted by Crippen LogP contribution is -2.49. The Morgan fingerprint density at radius 3 is 2.23 bits per heavy atom. The fourth-order valence-corrected chi connectivity index (χ4v) is 1.43. The van der Waals surface area contributed by atoms with Gasteiger partial charge in [0.25, 0.3) is 0 Å². The molecule has 0 radical (unpaired) electrons. The van der Waals surface area contributed by atoms with E-state index in [1.807, 2.05) is 21.1 Å². The maximum atomic E-state index is 5.52. The third-order valence-electron chi connectivity index (χ3n) is 2.26. The van der Waals surface area contributed by atoms with E-state index in [2.05, 4.69) is 22.5 Å². The normalized spacial score (nSPS) is 15.1. The molecule has 0 aliphatic rings. The summed E-state index contributed by atoms with van der Waals surface area (Å²) in [7, 11) is 5.74. The predicted octanol–water partition coefficient (Wildman–Crippen LogP) is -0.756. The van der Waals surface area contributed by atoms with Gasteiger partial charge in [0.1, 0.15) is 0 Å². The maximum Gasteiger partial charge on any atom is 0.0616 e. The van der Waals surface area contributed by atoms with Crippen molar-refractivity contribution in [2.24, 2.45) is 5.73 Å². The van der Waals surface area contributed by atoms with Crippen molar-refractivity contribution < 1.29 is 0 Å². The highest BCUT2D eigenvalue weighted by Crippen LogP contribution is 2.03. The van der Waals surface area contributed by atoms with E-state index in [1.165, 1.54) is 0 Å². The van der Waals surface area contributed by atoms with Gasteiger partial charge in [-0.15, -0.1) is 0 Å². The van der Waals surface area contributed by atoms with Crippen molar-refractivity contribution in [2.75, 3.05) is 27.7 Å². The van der Waals surface area contributed by atoms with Crippen LogP contribution in [0.3, 0.4) is 0 Å². The van der Waals surface area contributed by atoms with Gasteiger partial charge >= 0.3 is 0 Å². The predicted molar refractivity (Wildman–Crippen MR) is 57.6 cm³/mol. The van der Waals surface area contributed by atoms with Gasteiger partial charge in [-0.25, -0.2) is 0 Å². The van der Waals surface area contributed by atoms with Gasteiger partial charge in [-0.1, -0.05) is 6.58 Å². The number of nitrogens with two attached hydrogens (primary N) is 1. The lowest BCUT2D eigenvalue weighted by atomic mass is 10.0. The number of likely N-dealkylation sites (N-methyl/N-ethyl adjacent to an activating group) is 3. The third-order valence-corrected chi connectivity index (χ3v) is 2.26. The first kappa shape index (κ1) is 12.4. The standard InChI is InChI=1S/C9H22N4/c1-7(11-2)9(13-4)8(12-3)5-6-10/h8-9,11-13H,1,5-6,10H2,2-4H3. The maximum absolute atomic E-state index is 5.52. The summed E-state index contributed by atoms with van der Waals surface area (Å²) in [5, 5.41) is 9.49. The third kappa shape index (κ3) is 3.76. The first-order valence-electron chi connectivity index (χ1n) is 4.62. The lowest BCUT2D eigenvalue weighted by Gasteiger charge is -2.27. The lowest BCUT2D eigenvalue weighted by molar-refractivity contribution is 0.418. The van der Waals surface area contributed by atoms with E-state index >= 15 is 0 Å². The molecule has 0 saturated heterocycles. The van der Waals surface area contributed by atoms with Crippen LogP contribution in [0.1, 0.15) is 6.42 Å². The topological polar surface area (TPSA) is 62.1 Å². The molecule has 0 amide bonds. The fraction of sp³-hybridized carbons (Fsp3) is 0.778. The fourth-order valence-electron chi connectivity index (χ4n) is 1.43. The Morgan fingerprint density at radius 2 is 1.92 bits per heavy atom. The van der Waals surface area contributed by atoms with Crippen molar-refractivity contribution >= 4 is 0 Å². The second kappa shape index (κ2) is 6.88. The summed E-state index contributed by atoms with van der Waals surface area (Å²) < 4.78 is 0. The largest absolute Gasteiger partial charge is 0.391 e. The van der Waals surface area contributed by atoms with Crippen molar-refractivity contribution in [3.8, 4) is 0 Å². The van der Waals surface area contributed by atoms with E-state index in [0.717, 1.165) is 12.1 Å². The number of hydrogen-bond donors (Lipinski definition) is 4. The van der Waals surface area contributed by atoms with Gasteiger partial charge in [-0.2, -0.15) is 0 Å². The van der Waals surface area contributed by atoms with E-state index in [1.54, 1.807) is 0 Å². The Hall–Kier alpha value is -0.580.